The van der Waals surface area contributed by atoms with Gasteiger partial charge in [-0.1, -0.05) is 16.8 Å². The zero-order valence-corrected chi connectivity index (χ0v) is 8.17. The van der Waals surface area contributed by atoms with Gasteiger partial charge in [0.05, 0.1) is 7.11 Å². The highest BCUT2D eigenvalue weighted by Gasteiger charge is 2.03. The maximum Gasteiger partial charge on any atom is 0.175 e. The first-order valence-electron chi connectivity index (χ1n) is 3.71. The Balaban J connectivity index is 3.10. The van der Waals surface area contributed by atoms with Crippen LogP contribution in [0.5, 0.6) is 5.75 Å². The summed E-state index contributed by atoms with van der Waals surface area (Å²) in [6.07, 6.45) is 0. The van der Waals surface area contributed by atoms with Crippen LogP contribution < -0.4 is 4.74 Å². The average Bonchev–Trinajstić information content (AvgIpc) is 2.16. The van der Waals surface area contributed by atoms with Crippen molar-refractivity contribution in [1.29, 1.82) is 0 Å². The van der Waals surface area contributed by atoms with Crippen LogP contribution in [0.2, 0.25) is 0 Å². The third-order valence-electron chi connectivity index (χ3n) is 1.72. The van der Waals surface area contributed by atoms with E-state index in [-0.39, 0.29) is 5.17 Å². The first-order chi connectivity index (χ1) is 6.19. The van der Waals surface area contributed by atoms with Gasteiger partial charge < -0.3 is 9.94 Å². The molecule has 3 nitrogen and oxygen atoms in total. The van der Waals surface area contributed by atoms with E-state index >= 15 is 0 Å². The number of aryl methyl sites for hydroxylation is 1. The summed E-state index contributed by atoms with van der Waals surface area (Å²) in [6.45, 7) is 1.89. The minimum atomic E-state index is 0.0748. The van der Waals surface area contributed by atoms with Gasteiger partial charge in [-0.15, -0.1) is 0 Å². The average molecular weight is 200 g/mol. The molecule has 0 aromatic heterocycles. The molecule has 1 aromatic carbocycles. The van der Waals surface area contributed by atoms with E-state index in [4.69, 9.17) is 21.5 Å². The van der Waals surface area contributed by atoms with E-state index < -0.39 is 0 Å². The number of hydrogen-bond donors (Lipinski definition) is 1. The molecule has 0 bridgehead atoms. The summed E-state index contributed by atoms with van der Waals surface area (Å²) in [6, 6.07) is 5.30. The van der Waals surface area contributed by atoms with Crippen LogP contribution >= 0.6 is 11.6 Å². The number of benzene rings is 1. The van der Waals surface area contributed by atoms with E-state index in [1.807, 2.05) is 6.92 Å². The Morgan fingerprint density at radius 2 is 2.23 bits per heavy atom. The van der Waals surface area contributed by atoms with Crippen molar-refractivity contribution in [3.05, 3.63) is 29.3 Å². The molecule has 0 radical (unpaired) electrons. The van der Waals surface area contributed by atoms with Crippen molar-refractivity contribution < 1.29 is 9.94 Å². The zero-order chi connectivity index (χ0) is 9.84. The Labute approximate surface area is 81.6 Å². The molecule has 4 heteroatoms. The molecular weight excluding hydrogens is 190 g/mol. The molecule has 1 aromatic rings. The first kappa shape index (κ1) is 9.86. The molecule has 0 aliphatic carbocycles. The SMILES string of the molecule is COc1ccc(/C(Cl)=N/O)cc1C. The van der Waals surface area contributed by atoms with Crippen molar-refractivity contribution in [2.45, 2.75) is 6.92 Å². The molecule has 0 fully saturated rings. The van der Waals surface area contributed by atoms with Gasteiger partial charge in [-0.2, -0.15) is 0 Å². The number of rotatable bonds is 2. The van der Waals surface area contributed by atoms with Crippen LogP contribution in [0.25, 0.3) is 0 Å². The minimum absolute atomic E-state index is 0.0748. The lowest BCUT2D eigenvalue weighted by molar-refractivity contribution is 0.321. The summed E-state index contributed by atoms with van der Waals surface area (Å²) in [7, 11) is 1.60. The van der Waals surface area contributed by atoms with Crippen molar-refractivity contribution in [2.75, 3.05) is 7.11 Å². The van der Waals surface area contributed by atoms with Crippen LogP contribution in [0.3, 0.4) is 0 Å². The number of oxime groups is 1. The molecule has 0 atom stereocenters. The molecular formula is C9H10ClNO2. The van der Waals surface area contributed by atoms with Crippen LogP contribution in [0.4, 0.5) is 0 Å². The predicted octanol–water partition coefficient (Wildman–Crippen LogP) is 2.38. The second-order valence-electron chi connectivity index (χ2n) is 2.58. The summed E-state index contributed by atoms with van der Waals surface area (Å²) in [5, 5.41) is 11.4. The molecule has 1 N–H and O–H groups in total. The summed E-state index contributed by atoms with van der Waals surface area (Å²) < 4.78 is 5.07. The summed E-state index contributed by atoms with van der Waals surface area (Å²) >= 11 is 5.62. The summed E-state index contributed by atoms with van der Waals surface area (Å²) in [4.78, 5) is 0. The standard InChI is InChI=1S/C9H10ClNO2/c1-6-5-7(9(10)11-12)3-4-8(6)13-2/h3-5,12H,1-2H3/b11-9-. The predicted molar refractivity (Wildman–Crippen MR) is 51.9 cm³/mol. The molecule has 0 saturated carbocycles. The van der Waals surface area contributed by atoms with Gasteiger partial charge in [0.2, 0.25) is 0 Å². The van der Waals surface area contributed by atoms with Crippen LogP contribution in [0.1, 0.15) is 11.1 Å². The van der Waals surface area contributed by atoms with Gasteiger partial charge >= 0.3 is 0 Å². The topological polar surface area (TPSA) is 41.8 Å². The first-order valence-corrected chi connectivity index (χ1v) is 4.09. The van der Waals surface area contributed by atoms with Gasteiger partial charge in [-0.25, -0.2) is 0 Å². The summed E-state index contributed by atoms with van der Waals surface area (Å²) in [5.74, 6) is 0.783. The van der Waals surface area contributed by atoms with E-state index in [0.717, 1.165) is 11.3 Å². The van der Waals surface area contributed by atoms with Gasteiger partial charge in [0.25, 0.3) is 0 Å². The zero-order valence-electron chi connectivity index (χ0n) is 7.41. The van der Waals surface area contributed by atoms with Gasteiger partial charge in [0.15, 0.2) is 5.17 Å². The molecule has 0 spiro atoms. The van der Waals surface area contributed by atoms with Crippen molar-refractivity contribution in [2.24, 2.45) is 5.16 Å². The fraction of sp³-hybridized carbons (Fsp3) is 0.222. The molecule has 13 heavy (non-hydrogen) atoms. The maximum absolute atomic E-state index is 8.43. The lowest BCUT2D eigenvalue weighted by Crippen LogP contribution is -1.94. The number of ether oxygens (including phenoxy) is 1. The van der Waals surface area contributed by atoms with Crippen molar-refractivity contribution in [1.82, 2.24) is 0 Å². The highest BCUT2D eigenvalue weighted by molar-refractivity contribution is 6.69. The van der Waals surface area contributed by atoms with Crippen molar-refractivity contribution in [3.63, 3.8) is 0 Å². The van der Waals surface area contributed by atoms with E-state index in [9.17, 15) is 0 Å². The second-order valence-corrected chi connectivity index (χ2v) is 2.93. The highest BCUT2D eigenvalue weighted by atomic mass is 35.5. The molecule has 0 amide bonds. The molecule has 1 rings (SSSR count). The van der Waals surface area contributed by atoms with Crippen LogP contribution in [0, 0.1) is 6.92 Å². The van der Waals surface area contributed by atoms with Crippen LogP contribution in [-0.2, 0) is 0 Å². The maximum atomic E-state index is 8.43. The third kappa shape index (κ3) is 2.12. The summed E-state index contributed by atoms with van der Waals surface area (Å²) in [5.41, 5.74) is 1.62. The van der Waals surface area contributed by atoms with Gasteiger partial charge in [0, 0.05) is 5.56 Å². The second kappa shape index (κ2) is 4.14. The van der Waals surface area contributed by atoms with E-state index in [1.165, 1.54) is 0 Å². The number of halogens is 1. The Bertz CT molecular complexity index is 336. The number of methoxy groups -OCH3 is 1. The lowest BCUT2D eigenvalue weighted by atomic mass is 10.1. The molecule has 0 unspecified atom stereocenters. The van der Waals surface area contributed by atoms with Gasteiger partial charge in [-0.05, 0) is 30.7 Å². The van der Waals surface area contributed by atoms with Gasteiger partial charge in [0.1, 0.15) is 5.75 Å². The van der Waals surface area contributed by atoms with E-state index in [0.29, 0.717) is 5.56 Å². The fourth-order valence-electron chi connectivity index (χ4n) is 1.06. The van der Waals surface area contributed by atoms with Crippen molar-refractivity contribution >= 4 is 16.8 Å². The third-order valence-corrected chi connectivity index (χ3v) is 2.01. The quantitative estimate of drug-likeness (QED) is 0.452. The number of hydrogen-bond acceptors (Lipinski definition) is 3. The molecule has 0 aliphatic rings. The lowest BCUT2D eigenvalue weighted by Gasteiger charge is -2.05. The van der Waals surface area contributed by atoms with Crippen LogP contribution in [-0.4, -0.2) is 17.5 Å². The molecule has 70 valence electrons. The normalized spacial score (nSPS) is 11.5. The Hall–Kier alpha value is -1.22. The Morgan fingerprint density at radius 1 is 1.54 bits per heavy atom. The monoisotopic (exact) mass is 199 g/mol. The van der Waals surface area contributed by atoms with Crippen molar-refractivity contribution in [3.8, 4) is 5.75 Å². The fourth-order valence-corrected chi connectivity index (χ4v) is 1.18. The number of nitrogens with zero attached hydrogens (tertiary/aromatic N) is 1. The van der Waals surface area contributed by atoms with Crippen LogP contribution in [0.15, 0.2) is 23.4 Å². The highest BCUT2D eigenvalue weighted by Crippen LogP contribution is 2.19. The minimum Gasteiger partial charge on any atom is -0.496 e. The van der Waals surface area contributed by atoms with E-state index in [2.05, 4.69) is 5.16 Å². The largest absolute Gasteiger partial charge is 0.496 e. The Kier molecular flexibility index (Phi) is 3.14. The van der Waals surface area contributed by atoms with E-state index in [1.54, 1.807) is 25.3 Å². The molecule has 0 saturated heterocycles. The molecule has 0 heterocycles. The smallest absolute Gasteiger partial charge is 0.175 e. The molecule has 0 aliphatic heterocycles. The Morgan fingerprint density at radius 3 is 2.69 bits per heavy atom. The van der Waals surface area contributed by atoms with Gasteiger partial charge in [-0.3, -0.25) is 0 Å².